The Kier molecular flexibility index (Phi) is 5.59. The van der Waals surface area contributed by atoms with E-state index in [-0.39, 0.29) is 11.7 Å². The maximum absolute atomic E-state index is 12.4. The fourth-order valence-electron chi connectivity index (χ4n) is 3.04. The van der Waals surface area contributed by atoms with Crippen molar-refractivity contribution in [2.24, 2.45) is 5.92 Å². The molecule has 1 aliphatic rings. The summed E-state index contributed by atoms with van der Waals surface area (Å²) in [6.07, 6.45) is 1.54. The SMILES string of the molecule is CC(C)CC1(CS(=O)(=O)Cl)CCCN1C(=O)OC(C)(C)C. The lowest BCUT2D eigenvalue weighted by atomic mass is 9.88. The molecule has 0 aromatic heterocycles. The van der Waals surface area contributed by atoms with Crippen LogP contribution in [-0.2, 0) is 13.8 Å². The minimum atomic E-state index is -3.70. The fourth-order valence-corrected chi connectivity index (χ4v) is 4.71. The van der Waals surface area contributed by atoms with Crippen molar-refractivity contribution in [3.05, 3.63) is 0 Å². The first-order valence-corrected chi connectivity index (χ1v) is 9.75. The van der Waals surface area contributed by atoms with E-state index >= 15 is 0 Å². The Balaban J connectivity index is 3.06. The van der Waals surface area contributed by atoms with Crippen molar-refractivity contribution in [3.63, 3.8) is 0 Å². The highest BCUT2D eigenvalue weighted by molar-refractivity contribution is 8.13. The molecule has 0 aromatic carbocycles. The average Bonchev–Trinajstić information content (AvgIpc) is 2.53. The van der Waals surface area contributed by atoms with Crippen LogP contribution >= 0.6 is 10.7 Å². The van der Waals surface area contributed by atoms with Gasteiger partial charge in [0, 0.05) is 17.2 Å². The first kappa shape index (κ1) is 18.6. The van der Waals surface area contributed by atoms with Gasteiger partial charge in [0.2, 0.25) is 9.05 Å². The third kappa shape index (κ3) is 5.66. The molecule has 0 N–H and O–H groups in total. The van der Waals surface area contributed by atoms with Crippen LogP contribution in [0, 0.1) is 5.92 Å². The van der Waals surface area contributed by atoms with E-state index in [4.69, 9.17) is 15.4 Å². The van der Waals surface area contributed by atoms with Gasteiger partial charge in [-0.15, -0.1) is 0 Å². The summed E-state index contributed by atoms with van der Waals surface area (Å²) in [5.41, 5.74) is -1.36. The van der Waals surface area contributed by atoms with Crippen molar-refractivity contribution in [1.29, 1.82) is 0 Å². The van der Waals surface area contributed by atoms with Gasteiger partial charge in [0.05, 0.1) is 11.3 Å². The van der Waals surface area contributed by atoms with Crippen LogP contribution in [-0.4, -0.2) is 42.8 Å². The van der Waals surface area contributed by atoms with Crippen molar-refractivity contribution in [3.8, 4) is 0 Å². The molecule has 1 saturated heterocycles. The topological polar surface area (TPSA) is 63.7 Å². The van der Waals surface area contributed by atoms with Gasteiger partial charge in [0.1, 0.15) is 5.60 Å². The van der Waals surface area contributed by atoms with Gasteiger partial charge in [-0.3, -0.25) is 0 Å². The first-order valence-electron chi connectivity index (χ1n) is 7.28. The van der Waals surface area contributed by atoms with Crippen LogP contribution in [0.15, 0.2) is 0 Å². The third-order valence-corrected chi connectivity index (χ3v) is 4.65. The zero-order valence-electron chi connectivity index (χ0n) is 13.5. The monoisotopic (exact) mass is 339 g/mol. The fraction of sp³-hybridized carbons (Fsp3) is 0.929. The Morgan fingerprint density at radius 3 is 2.38 bits per heavy atom. The molecule has 1 unspecified atom stereocenters. The van der Waals surface area contributed by atoms with Crippen LogP contribution in [0.2, 0.25) is 0 Å². The molecule has 1 amide bonds. The normalized spacial score (nSPS) is 23.7. The van der Waals surface area contributed by atoms with Gasteiger partial charge in [0.25, 0.3) is 0 Å². The van der Waals surface area contributed by atoms with Crippen molar-refractivity contribution >= 4 is 25.8 Å². The van der Waals surface area contributed by atoms with Crippen LogP contribution in [0.4, 0.5) is 4.79 Å². The average molecular weight is 340 g/mol. The van der Waals surface area contributed by atoms with Crippen molar-refractivity contribution in [2.45, 2.75) is 65.0 Å². The predicted molar refractivity (Wildman–Crippen MR) is 84.0 cm³/mol. The number of rotatable bonds is 4. The summed E-state index contributed by atoms with van der Waals surface area (Å²) < 4.78 is 28.6. The lowest BCUT2D eigenvalue weighted by molar-refractivity contribution is 0.00821. The quantitative estimate of drug-likeness (QED) is 0.736. The number of halogens is 1. The van der Waals surface area contributed by atoms with Crippen LogP contribution < -0.4 is 0 Å². The molecule has 21 heavy (non-hydrogen) atoms. The van der Waals surface area contributed by atoms with Crippen LogP contribution in [0.25, 0.3) is 0 Å². The Bertz CT molecular complexity index is 484. The number of ether oxygens (including phenoxy) is 1. The van der Waals surface area contributed by atoms with E-state index in [9.17, 15) is 13.2 Å². The van der Waals surface area contributed by atoms with Gasteiger partial charge in [-0.2, -0.15) is 0 Å². The molecule has 7 heteroatoms. The molecule has 0 spiro atoms. The smallest absolute Gasteiger partial charge is 0.410 e. The van der Waals surface area contributed by atoms with Crippen molar-refractivity contribution < 1.29 is 17.9 Å². The Morgan fingerprint density at radius 1 is 1.38 bits per heavy atom. The molecule has 1 rings (SSSR count). The van der Waals surface area contributed by atoms with Gasteiger partial charge in [0.15, 0.2) is 0 Å². The highest BCUT2D eigenvalue weighted by Crippen LogP contribution is 2.38. The predicted octanol–water partition coefficient (Wildman–Crippen LogP) is 3.37. The summed E-state index contributed by atoms with van der Waals surface area (Å²) in [7, 11) is 1.78. The Morgan fingerprint density at radius 2 is 1.95 bits per heavy atom. The number of likely N-dealkylation sites (tertiary alicyclic amines) is 1. The summed E-state index contributed by atoms with van der Waals surface area (Å²) >= 11 is 0. The van der Waals surface area contributed by atoms with Crippen molar-refractivity contribution in [2.75, 3.05) is 12.3 Å². The number of carbonyl (C=O) groups excluding carboxylic acids is 1. The second-order valence-electron chi connectivity index (χ2n) is 7.24. The van der Waals surface area contributed by atoms with E-state index in [1.807, 2.05) is 13.8 Å². The van der Waals surface area contributed by atoms with E-state index in [1.54, 1.807) is 25.7 Å². The first-order chi connectivity index (χ1) is 9.35. The van der Waals surface area contributed by atoms with Gasteiger partial charge in [-0.25, -0.2) is 13.2 Å². The second-order valence-corrected chi connectivity index (χ2v) is 10.0. The summed E-state index contributed by atoms with van der Waals surface area (Å²) in [6, 6.07) is 0. The summed E-state index contributed by atoms with van der Waals surface area (Å²) in [4.78, 5) is 14.0. The minimum Gasteiger partial charge on any atom is -0.444 e. The molecule has 1 atom stereocenters. The number of hydrogen-bond acceptors (Lipinski definition) is 4. The maximum Gasteiger partial charge on any atom is 0.410 e. The zero-order valence-corrected chi connectivity index (χ0v) is 15.1. The molecular weight excluding hydrogens is 314 g/mol. The molecule has 0 aromatic rings. The minimum absolute atomic E-state index is 0.223. The third-order valence-electron chi connectivity index (χ3n) is 3.44. The van der Waals surface area contributed by atoms with Crippen LogP contribution in [0.3, 0.4) is 0 Å². The lowest BCUT2D eigenvalue weighted by Gasteiger charge is -2.39. The number of nitrogens with zero attached hydrogens (tertiary/aromatic N) is 1. The second kappa shape index (κ2) is 6.32. The summed E-state index contributed by atoms with van der Waals surface area (Å²) in [5, 5.41) is 0. The van der Waals surface area contributed by atoms with Crippen LogP contribution in [0.5, 0.6) is 0 Å². The van der Waals surface area contributed by atoms with E-state index in [0.29, 0.717) is 19.4 Å². The lowest BCUT2D eigenvalue weighted by Crippen LogP contribution is -2.53. The summed E-state index contributed by atoms with van der Waals surface area (Å²) in [6.45, 7) is 9.91. The van der Waals surface area contributed by atoms with Crippen molar-refractivity contribution in [1.82, 2.24) is 4.90 Å². The molecular formula is C14H26ClNO4S. The molecule has 1 heterocycles. The van der Waals surface area contributed by atoms with Crippen LogP contribution in [0.1, 0.15) is 53.9 Å². The van der Waals surface area contributed by atoms with Gasteiger partial charge in [-0.05, 0) is 46.0 Å². The molecule has 1 aliphatic heterocycles. The molecule has 124 valence electrons. The Hall–Kier alpha value is -0.490. The van der Waals surface area contributed by atoms with E-state index in [0.717, 1.165) is 6.42 Å². The number of amides is 1. The zero-order chi connectivity index (χ0) is 16.5. The molecule has 5 nitrogen and oxygen atoms in total. The molecule has 0 bridgehead atoms. The van der Waals surface area contributed by atoms with Gasteiger partial charge in [-0.1, -0.05) is 13.8 Å². The molecule has 1 fully saturated rings. The van der Waals surface area contributed by atoms with E-state index < -0.39 is 26.3 Å². The standard InChI is InChI=1S/C14H26ClNO4S/c1-11(2)9-14(10-21(15,18)19)7-6-8-16(14)12(17)20-13(3,4)5/h11H,6-10H2,1-5H3. The van der Waals surface area contributed by atoms with Gasteiger partial charge >= 0.3 is 6.09 Å². The van der Waals surface area contributed by atoms with E-state index in [2.05, 4.69) is 0 Å². The molecule has 0 saturated carbocycles. The Labute approximate surface area is 132 Å². The van der Waals surface area contributed by atoms with Gasteiger partial charge < -0.3 is 9.64 Å². The largest absolute Gasteiger partial charge is 0.444 e. The number of carbonyl (C=O) groups is 1. The summed E-state index contributed by atoms with van der Waals surface area (Å²) in [5.74, 6) is 0.0327. The number of hydrogen-bond donors (Lipinski definition) is 0. The molecule has 0 radical (unpaired) electrons. The molecule has 0 aliphatic carbocycles. The highest BCUT2D eigenvalue weighted by atomic mass is 35.7. The highest BCUT2D eigenvalue weighted by Gasteiger charge is 2.47. The van der Waals surface area contributed by atoms with E-state index in [1.165, 1.54) is 0 Å². The maximum atomic E-state index is 12.4.